The van der Waals surface area contributed by atoms with Crippen LogP contribution in [0.25, 0.3) is 0 Å². The van der Waals surface area contributed by atoms with Gasteiger partial charge in [0.1, 0.15) is 0 Å². The predicted molar refractivity (Wildman–Crippen MR) is 149 cm³/mol. The highest BCUT2D eigenvalue weighted by Gasteiger charge is 2.82. The molecule has 2 saturated carbocycles. The first kappa shape index (κ1) is 26.8. The Balaban J connectivity index is 2.10. The van der Waals surface area contributed by atoms with Crippen molar-refractivity contribution < 1.29 is 8.85 Å². The molecule has 4 rings (SSSR count). The predicted octanol–water partition coefficient (Wildman–Crippen LogP) is 7.60. The van der Waals surface area contributed by atoms with Gasteiger partial charge in [-0.15, -0.1) is 0 Å². The molecule has 36 heavy (non-hydrogen) atoms. The van der Waals surface area contributed by atoms with Gasteiger partial charge in [-0.3, -0.25) is 0 Å². The van der Waals surface area contributed by atoms with E-state index in [2.05, 4.69) is 114 Å². The van der Waals surface area contributed by atoms with Crippen molar-refractivity contribution in [1.82, 2.24) is 0 Å². The lowest BCUT2D eigenvalue weighted by atomic mass is 9.55. The molecular weight excluding hydrogens is 477 g/mol. The maximum atomic E-state index is 11.0. The Morgan fingerprint density at radius 2 is 0.944 bits per heavy atom. The largest absolute Gasteiger partial charge is 0.399 e. The van der Waals surface area contributed by atoms with Crippen LogP contribution in [-0.2, 0) is 8.85 Å². The van der Waals surface area contributed by atoms with E-state index in [4.69, 9.17) is 8.85 Å². The molecule has 190 valence electrons. The van der Waals surface area contributed by atoms with Crippen LogP contribution in [0, 0.1) is 33.5 Å². The fourth-order valence-electron chi connectivity index (χ4n) is 7.52. The fourth-order valence-corrected chi connectivity index (χ4v) is 10.3. The van der Waals surface area contributed by atoms with E-state index in [1.807, 2.05) is 12.1 Å². The number of nitriles is 2. The van der Waals surface area contributed by atoms with Crippen molar-refractivity contribution in [2.45, 2.75) is 89.0 Å². The van der Waals surface area contributed by atoms with E-state index in [0.29, 0.717) is 12.8 Å². The first-order chi connectivity index (χ1) is 16.7. The Morgan fingerprint density at radius 1 is 0.639 bits per heavy atom. The molecule has 6 atom stereocenters. The number of hydrogen-bond donors (Lipinski definition) is 0. The molecule has 0 aliphatic heterocycles. The van der Waals surface area contributed by atoms with Crippen LogP contribution in [-0.4, -0.2) is 27.8 Å². The minimum Gasteiger partial charge on any atom is -0.399 e. The topological polar surface area (TPSA) is 66.0 Å². The lowest BCUT2D eigenvalue weighted by Crippen LogP contribution is -2.59. The Bertz CT molecular complexity index is 1100. The van der Waals surface area contributed by atoms with Crippen molar-refractivity contribution >= 4 is 16.6 Å². The van der Waals surface area contributed by atoms with Gasteiger partial charge in [-0.2, -0.15) is 10.5 Å². The lowest BCUT2D eigenvalue weighted by molar-refractivity contribution is -0.0810. The summed E-state index contributed by atoms with van der Waals surface area (Å²) in [5.41, 5.74) is -1.12. The molecule has 2 aromatic carbocycles. The van der Waals surface area contributed by atoms with E-state index in [9.17, 15) is 10.5 Å². The Hall–Kier alpha value is -2.23. The highest BCUT2D eigenvalue weighted by Crippen LogP contribution is 2.80. The third-order valence-corrected chi connectivity index (χ3v) is 10.8. The molecule has 0 heterocycles. The van der Waals surface area contributed by atoms with Gasteiger partial charge in [-0.05, 0) is 75.1 Å². The molecule has 0 spiro atoms. The van der Waals surface area contributed by atoms with Gasteiger partial charge in [0.05, 0.1) is 12.1 Å². The Morgan fingerprint density at radius 3 is 1.19 bits per heavy atom. The molecule has 0 bridgehead atoms. The summed E-state index contributed by atoms with van der Waals surface area (Å²) in [7, 11) is -4.31. The van der Waals surface area contributed by atoms with Gasteiger partial charge in [0.25, 0.3) is 0 Å². The van der Waals surface area contributed by atoms with E-state index < -0.39 is 38.7 Å². The van der Waals surface area contributed by atoms with Crippen molar-refractivity contribution in [1.29, 1.82) is 10.5 Å². The molecule has 2 aliphatic carbocycles. The molecule has 4 nitrogen and oxygen atoms in total. The van der Waals surface area contributed by atoms with Gasteiger partial charge in [-0.1, -0.05) is 74.5 Å². The third kappa shape index (κ3) is 3.82. The van der Waals surface area contributed by atoms with E-state index in [1.54, 1.807) is 0 Å². The summed E-state index contributed by atoms with van der Waals surface area (Å²) in [6.45, 7) is 17.4. The second-order valence-corrected chi connectivity index (χ2v) is 21.9. The van der Waals surface area contributed by atoms with Crippen LogP contribution in [0.3, 0.4) is 0 Å². The average molecular weight is 517 g/mol. The van der Waals surface area contributed by atoms with Gasteiger partial charge < -0.3 is 8.85 Å². The second-order valence-electron chi connectivity index (χ2n) is 13.0. The monoisotopic (exact) mass is 516 g/mol. The first-order valence-corrected chi connectivity index (χ1v) is 19.8. The lowest BCUT2D eigenvalue weighted by Gasteiger charge is -2.52. The zero-order valence-electron chi connectivity index (χ0n) is 23.1. The molecule has 2 aliphatic rings. The number of hydrogen-bond acceptors (Lipinski definition) is 4. The smallest absolute Gasteiger partial charge is 0.185 e. The minimum absolute atomic E-state index is 0.0654. The molecule has 0 radical (unpaired) electrons. The summed E-state index contributed by atoms with van der Waals surface area (Å²) in [5.74, 6) is -0.131. The quantitative estimate of drug-likeness (QED) is 0.371. The molecule has 0 saturated heterocycles. The second kappa shape index (κ2) is 8.67. The minimum atomic E-state index is -2.16. The summed E-state index contributed by atoms with van der Waals surface area (Å²) in [5, 5.41) is 22.1. The molecule has 2 aromatic rings. The average Bonchev–Trinajstić information content (AvgIpc) is 3.14. The van der Waals surface area contributed by atoms with Crippen LogP contribution in [0.2, 0.25) is 39.3 Å². The first-order valence-electron chi connectivity index (χ1n) is 13.0. The van der Waals surface area contributed by atoms with Crippen LogP contribution in [0.15, 0.2) is 60.7 Å². The van der Waals surface area contributed by atoms with Crippen LogP contribution in [0.4, 0.5) is 0 Å². The SMILES string of the molecule is C[C@]12[C@H](c3ccccc3)C[C@](C#N)(O[Si](C)(C)C)[C@@]1(C)[C@H](c1ccccc1)C[C@]2(C#N)O[Si](C)(C)C. The highest BCUT2D eigenvalue weighted by molar-refractivity contribution is 6.70. The number of nitrogens with zero attached hydrogens (tertiary/aromatic N) is 2. The summed E-state index contributed by atoms with van der Waals surface area (Å²) >= 11 is 0. The molecule has 0 unspecified atom stereocenters. The summed E-state index contributed by atoms with van der Waals surface area (Å²) in [4.78, 5) is 0. The van der Waals surface area contributed by atoms with Gasteiger partial charge in [-0.25, -0.2) is 0 Å². The van der Waals surface area contributed by atoms with E-state index in [1.165, 1.54) is 0 Å². The number of benzene rings is 2. The summed E-state index contributed by atoms with van der Waals surface area (Å²) < 4.78 is 14.0. The van der Waals surface area contributed by atoms with Crippen molar-refractivity contribution in [2.24, 2.45) is 10.8 Å². The van der Waals surface area contributed by atoms with Crippen molar-refractivity contribution in [3.8, 4) is 12.1 Å². The van der Waals surface area contributed by atoms with E-state index >= 15 is 0 Å². The highest BCUT2D eigenvalue weighted by atomic mass is 28.4. The maximum Gasteiger partial charge on any atom is 0.185 e. The molecule has 0 amide bonds. The van der Waals surface area contributed by atoms with E-state index in [-0.39, 0.29) is 11.8 Å². The molecule has 2 fully saturated rings. The summed E-state index contributed by atoms with van der Waals surface area (Å²) in [6, 6.07) is 26.3. The molecule has 0 aromatic heterocycles. The zero-order chi connectivity index (χ0) is 26.6. The van der Waals surface area contributed by atoms with Gasteiger partial charge in [0.2, 0.25) is 0 Å². The van der Waals surface area contributed by atoms with Crippen molar-refractivity contribution in [3.63, 3.8) is 0 Å². The third-order valence-electron chi connectivity index (χ3n) is 8.86. The molecule has 0 N–H and O–H groups in total. The van der Waals surface area contributed by atoms with Gasteiger partial charge in [0, 0.05) is 10.8 Å². The van der Waals surface area contributed by atoms with Crippen LogP contribution in [0.1, 0.15) is 49.7 Å². The number of rotatable bonds is 6. The zero-order valence-corrected chi connectivity index (χ0v) is 25.1. The summed E-state index contributed by atoms with van der Waals surface area (Å²) in [6.07, 6.45) is 1.10. The molecule has 6 heteroatoms. The van der Waals surface area contributed by atoms with Crippen LogP contribution in [0.5, 0.6) is 0 Å². The standard InChI is InChI=1S/C30H40N2O2Si2/c1-27-25(23-15-11-9-12-16-23)19-30(22-32,34-36(6,7)8)28(27,2)26(24-17-13-10-14-18-24)20-29(27,21-31)33-35(3,4)5/h9-18,25-26H,19-20H2,1-8H3/t25-,26-,27-,28-,29+,30+/m0/s1. The fraction of sp³-hybridized carbons (Fsp3) is 0.533. The normalized spacial score (nSPS) is 36.2. The molecular formula is C30H40N2O2Si2. The van der Waals surface area contributed by atoms with Crippen LogP contribution >= 0.6 is 0 Å². The van der Waals surface area contributed by atoms with Crippen molar-refractivity contribution in [3.05, 3.63) is 71.8 Å². The maximum absolute atomic E-state index is 11.0. The van der Waals surface area contributed by atoms with E-state index in [0.717, 1.165) is 11.1 Å². The Kier molecular flexibility index (Phi) is 6.46. The van der Waals surface area contributed by atoms with Crippen molar-refractivity contribution in [2.75, 3.05) is 0 Å². The van der Waals surface area contributed by atoms with Gasteiger partial charge >= 0.3 is 0 Å². The Labute approximate surface area is 219 Å². The number of fused-ring (bicyclic) bond motifs is 1. The van der Waals surface area contributed by atoms with Crippen LogP contribution < -0.4 is 0 Å². The van der Waals surface area contributed by atoms with Gasteiger partial charge in [0.15, 0.2) is 27.8 Å².